The molecule has 1 aromatic rings. The molecule has 0 bridgehead atoms. The Hall–Kier alpha value is -2.03. The van der Waals surface area contributed by atoms with Gasteiger partial charge in [0, 0.05) is 17.5 Å². The minimum atomic E-state index is 0.617. The number of nitrogens with one attached hydrogen (secondary N) is 1. The first-order chi connectivity index (χ1) is 6.79. The molecule has 0 spiro atoms. The molecule has 1 heterocycles. The number of allylic oxidation sites excluding steroid dienone is 3. The van der Waals surface area contributed by atoms with Crippen LogP contribution in [-0.4, -0.2) is 11.3 Å². The average molecular weight is 188 g/mol. The largest absolute Gasteiger partial charge is 0.397 e. The maximum absolute atomic E-state index is 10.3. The smallest absolute Gasteiger partial charge is 0.144 e. The predicted octanol–water partition coefficient (Wildman–Crippen LogP) is 0.0990. The first-order valence-corrected chi connectivity index (χ1v) is 4.17. The van der Waals surface area contributed by atoms with Crippen LogP contribution in [0.1, 0.15) is 0 Å². The summed E-state index contributed by atoms with van der Waals surface area (Å²) in [6.45, 7) is 3.55. The number of anilines is 1. The zero-order chi connectivity index (χ0) is 10.4. The second-order valence-corrected chi connectivity index (χ2v) is 2.66. The summed E-state index contributed by atoms with van der Waals surface area (Å²) in [4.78, 5) is 13.2. The van der Waals surface area contributed by atoms with Crippen LogP contribution >= 0.6 is 0 Å². The van der Waals surface area contributed by atoms with Crippen LogP contribution in [0.15, 0.2) is 31.0 Å². The van der Waals surface area contributed by atoms with Gasteiger partial charge in [-0.15, -0.1) is 0 Å². The van der Waals surface area contributed by atoms with Crippen LogP contribution in [-0.2, 0) is 4.79 Å². The van der Waals surface area contributed by atoms with Crippen LogP contribution in [0.2, 0.25) is 0 Å². The molecular formula is C11H12N2O. The van der Waals surface area contributed by atoms with Crippen LogP contribution in [0.5, 0.6) is 0 Å². The van der Waals surface area contributed by atoms with Gasteiger partial charge in [0.1, 0.15) is 6.29 Å². The normalized spacial score (nSPS) is 13.7. The molecule has 72 valence electrons. The summed E-state index contributed by atoms with van der Waals surface area (Å²) >= 11 is 0. The van der Waals surface area contributed by atoms with Gasteiger partial charge in [0.05, 0.1) is 11.0 Å². The number of hydrogen-bond donors (Lipinski definition) is 2. The predicted molar refractivity (Wildman–Crippen MR) is 58.8 cm³/mol. The topological polar surface area (TPSA) is 58.9 Å². The van der Waals surface area contributed by atoms with Gasteiger partial charge in [0.2, 0.25) is 0 Å². The van der Waals surface area contributed by atoms with Gasteiger partial charge in [0.25, 0.3) is 0 Å². The molecular weight excluding hydrogens is 176 g/mol. The molecule has 3 nitrogen and oxygen atoms in total. The summed E-state index contributed by atoms with van der Waals surface area (Å²) in [6, 6.07) is 0. The Bertz CT molecular complexity index is 466. The molecule has 3 heteroatoms. The van der Waals surface area contributed by atoms with Crippen molar-refractivity contribution in [1.29, 1.82) is 0 Å². The second kappa shape index (κ2) is 4.87. The lowest BCUT2D eigenvalue weighted by Crippen LogP contribution is -2.24. The van der Waals surface area contributed by atoms with Crippen molar-refractivity contribution in [2.45, 2.75) is 0 Å². The lowest BCUT2D eigenvalue weighted by atomic mass is 10.3. The van der Waals surface area contributed by atoms with E-state index in [2.05, 4.69) is 11.6 Å². The van der Waals surface area contributed by atoms with Gasteiger partial charge >= 0.3 is 0 Å². The Kier molecular flexibility index (Phi) is 3.49. The van der Waals surface area contributed by atoms with Gasteiger partial charge in [-0.1, -0.05) is 30.9 Å². The molecule has 0 fully saturated rings. The summed E-state index contributed by atoms with van der Waals surface area (Å²) in [6.07, 6.45) is 10.9. The molecule has 0 saturated heterocycles. The van der Waals surface area contributed by atoms with Crippen molar-refractivity contribution in [2.24, 2.45) is 0 Å². The molecule has 0 aliphatic rings. The molecule has 3 N–H and O–H groups in total. The molecule has 0 aliphatic heterocycles. The van der Waals surface area contributed by atoms with E-state index in [-0.39, 0.29) is 0 Å². The molecule has 14 heavy (non-hydrogen) atoms. The first kappa shape index (κ1) is 10.1. The number of H-pyrrole nitrogens is 1. The fourth-order valence-electron chi connectivity index (χ4n) is 1.09. The quantitative estimate of drug-likeness (QED) is 0.522. The van der Waals surface area contributed by atoms with E-state index in [0.717, 1.165) is 11.5 Å². The highest BCUT2D eigenvalue weighted by atomic mass is 16.1. The third-order valence-corrected chi connectivity index (χ3v) is 1.73. The van der Waals surface area contributed by atoms with Crippen LogP contribution in [0.25, 0.3) is 12.2 Å². The maximum atomic E-state index is 10.3. The Morgan fingerprint density at radius 2 is 2.14 bits per heavy atom. The van der Waals surface area contributed by atoms with Gasteiger partial charge in [-0.05, 0) is 0 Å². The highest BCUT2D eigenvalue weighted by molar-refractivity contribution is 5.86. The lowest BCUT2D eigenvalue weighted by molar-refractivity contribution is -0.103. The SMILES string of the molecule is C=CC=CC=c1c(N)c[nH]c1=CC=O. The summed E-state index contributed by atoms with van der Waals surface area (Å²) in [5, 5.41) is 1.53. The number of aldehydes is 1. The Morgan fingerprint density at radius 1 is 1.36 bits per heavy atom. The second-order valence-electron chi connectivity index (χ2n) is 2.66. The van der Waals surface area contributed by atoms with E-state index in [9.17, 15) is 4.79 Å². The van der Waals surface area contributed by atoms with E-state index in [0.29, 0.717) is 11.0 Å². The van der Waals surface area contributed by atoms with Crippen molar-refractivity contribution in [2.75, 3.05) is 5.73 Å². The van der Waals surface area contributed by atoms with Crippen molar-refractivity contribution in [3.63, 3.8) is 0 Å². The number of rotatable bonds is 3. The van der Waals surface area contributed by atoms with Crippen molar-refractivity contribution < 1.29 is 4.79 Å². The monoisotopic (exact) mass is 188 g/mol. The Morgan fingerprint density at radius 3 is 2.79 bits per heavy atom. The number of hydrogen-bond acceptors (Lipinski definition) is 2. The van der Waals surface area contributed by atoms with E-state index in [1.165, 1.54) is 6.08 Å². The molecule has 0 unspecified atom stereocenters. The molecule has 0 aliphatic carbocycles. The van der Waals surface area contributed by atoms with Crippen LogP contribution in [0.3, 0.4) is 0 Å². The Labute approximate surface area is 81.9 Å². The van der Waals surface area contributed by atoms with Crippen molar-refractivity contribution in [1.82, 2.24) is 4.98 Å². The zero-order valence-electron chi connectivity index (χ0n) is 7.73. The molecule has 0 saturated carbocycles. The third kappa shape index (κ3) is 2.23. The molecule has 0 atom stereocenters. The van der Waals surface area contributed by atoms with Gasteiger partial charge in [-0.25, -0.2) is 0 Å². The number of carbonyl (C=O) groups is 1. The molecule has 1 aromatic heterocycles. The van der Waals surface area contributed by atoms with Gasteiger partial charge in [-0.2, -0.15) is 0 Å². The van der Waals surface area contributed by atoms with E-state index >= 15 is 0 Å². The van der Waals surface area contributed by atoms with Crippen molar-refractivity contribution in [3.05, 3.63) is 41.6 Å². The summed E-state index contributed by atoms with van der Waals surface area (Å²) in [5.74, 6) is 0. The number of nitrogens with two attached hydrogens (primary N) is 1. The molecule has 1 rings (SSSR count). The Balaban J connectivity index is 3.30. The van der Waals surface area contributed by atoms with Crippen molar-refractivity contribution >= 4 is 24.1 Å². The van der Waals surface area contributed by atoms with Crippen LogP contribution in [0.4, 0.5) is 5.69 Å². The van der Waals surface area contributed by atoms with Crippen LogP contribution < -0.4 is 16.3 Å². The number of aromatic amines is 1. The minimum absolute atomic E-state index is 0.617. The maximum Gasteiger partial charge on any atom is 0.144 e. The number of aromatic nitrogens is 1. The minimum Gasteiger partial charge on any atom is -0.397 e. The fraction of sp³-hybridized carbons (Fsp3) is 0. The standard InChI is InChI=1S/C11H12N2O/c1-2-3-4-5-9-10(12)8-13-11(9)6-7-14/h2-8,13H,1,12H2. The van der Waals surface area contributed by atoms with E-state index < -0.39 is 0 Å². The average Bonchev–Trinajstić information content (AvgIpc) is 2.50. The first-order valence-electron chi connectivity index (χ1n) is 4.17. The molecule has 0 radical (unpaired) electrons. The lowest BCUT2D eigenvalue weighted by Gasteiger charge is -1.81. The van der Waals surface area contributed by atoms with Gasteiger partial charge in [-0.3, -0.25) is 4.79 Å². The number of nitrogen functional groups attached to an aromatic ring is 1. The summed E-state index contributed by atoms with van der Waals surface area (Å²) in [5.41, 5.74) is 6.31. The summed E-state index contributed by atoms with van der Waals surface area (Å²) < 4.78 is 0. The molecule has 0 aromatic carbocycles. The van der Waals surface area contributed by atoms with E-state index in [1.807, 2.05) is 12.2 Å². The van der Waals surface area contributed by atoms with E-state index in [1.54, 1.807) is 18.3 Å². The third-order valence-electron chi connectivity index (χ3n) is 1.73. The van der Waals surface area contributed by atoms with E-state index in [4.69, 9.17) is 5.73 Å². The zero-order valence-corrected chi connectivity index (χ0v) is 7.73. The van der Waals surface area contributed by atoms with Gasteiger partial charge < -0.3 is 10.7 Å². The fourth-order valence-corrected chi connectivity index (χ4v) is 1.09. The highest BCUT2D eigenvalue weighted by Gasteiger charge is 1.91. The van der Waals surface area contributed by atoms with Gasteiger partial charge in [0.15, 0.2) is 0 Å². The number of carbonyl (C=O) groups excluding carboxylic acids is 1. The summed E-state index contributed by atoms with van der Waals surface area (Å²) in [7, 11) is 0. The molecule has 0 amide bonds. The highest BCUT2D eigenvalue weighted by Crippen LogP contribution is 1.84. The van der Waals surface area contributed by atoms with Crippen LogP contribution in [0, 0.1) is 0 Å². The van der Waals surface area contributed by atoms with Crippen molar-refractivity contribution in [3.8, 4) is 0 Å².